The second-order valence-electron chi connectivity index (χ2n) is 3.59. The molecule has 0 aliphatic rings. The molecule has 0 aliphatic carbocycles. The van der Waals surface area contributed by atoms with Crippen LogP contribution in [0.1, 0.15) is 23.2 Å². The van der Waals surface area contributed by atoms with Gasteiger partial charge in [0, 0.05) is 10.0 Å². The van der Waals surface area contributed by atoms with Crippen LogP contribution in [0.5, 0.6) is 0 Å². The fourth-order valence-corrected chi connectivity index (χ4v) is 1.79. The molecular weight excluding hydrogens is 300 g/mol. The molecule has 0 bridgehead atoms. The second kappa shape index (κ2) is 5.30. The van der Waals surface area contributed by atoms with E-state index in [1.54, 1.807) is 6.92 Å². The topological polar surface area (TPSA) is 65.2 Å². The van der Waals surface area contributed by atoms with Gasteiger partial charge in [-0.15, -0.1) is 10.2 Å². The summed E-state index contributed by atoms with van der Waals surface area (Å²) in [6.07, 6.45) is 0. The summed E-state index contributed by atoms with van der Waals surface area (Å²) in [5.41, 5.74) is 1.77. The quantitative estimate of drug-likeness (QED) is 0.815. The van der Waals surface area contributed by atoms with Gasteiger partial charge < -0.3 is 9.15 Å². The number of benzene rings is 1. The minimum atomic E-state index is -0.608. The Kier molecular flexibility index (Phi) is 3.76. The summed E-state index contributed by atoms with van der Waals surface area (Å²) in [6.45, 7) is 3.91. The Morgan fingerprint density at radius 1 is 1.44 bits per heavy atom. The molecule has 0 saturated heterocycles. The first-order valence-electron chi connectivity index (χ1n) is 5.39. The third-order valence-electron chi connectivity index (χ3n) is 2.31. The predicted molar refractivity (Wildman–Crippen MR) is 68.1 cm³/mol. The summed E-state index contributed by atoms with van der Waals surface area (Å²) in [5, 5.41) is 7.53. The van der Waals surface area contributed by atoms with Gasteiger partial charge in [-0.25, -0.2) is 4.79 Å². The normalized spacial score (nSPS) is 10.4. The zero-order valence-electron chi connectivity index (χ0n) is 9.94. The first kappa shape index (κ1) is 12.8. The molecule has 1 heterocycles. The largest absolute Gasteiger partial charge is 0.459 e. The molecule has 0 unspecified atom stereocenters. The minimum absolute atomic E-state index is 0.133. The van der Waals surface area contributed by atoms with E-state index in [-0.39, 0.29) is 12.5 Å². The van der Waals surface area contributed by atoms with E-state index >= 15 is 0 Å². The van der Waals surface area contributed by atoms with Crippen LogP contribution in [0, 0.1) is 6.92 Å². The van der Waals surface area contributed by atoms with Gasteiger partial charge in [-0.2, -0.15) is 0 Å². The number of nitrogens with zero attached hydrogens (tertiary/aromatic N) is 2. The molecule has 0 aliphatic heterocycles. The maximum atomic E-state index is 11.4. The van der Waals surface area contributed by atoms with E-state index in [9.17, 15) is 4.79 Å². The molecular formula is C12H11BrN2O3. The van der Waals surface area contributed by atoms with Gasteiger partial charge in [-0.1, -0.05) is 22.0 Å². The lowest BCUT2D eigenvalue weighted by Gasteiger charge is -2.01. The third-order valence-corrected chi connectivity index (χ3v) is 2.80. The smallest absolute Gasteiger partial charge is 0.396 e. The number of halogens is 1. The van der Waals surface area contributed by atoms with Gasteiger partial charge in [-0.05, 0) is 31.5 Å². The lowest BCUT2D eigenvalue weighted by Crippen LogP contribution is -2.04. The SMILES string of the molecule is CCOC(=O)c1nnc(-c2cc(Br)ccc2C)o1. The second-order valence-corrected chi connectivity index (χ2v) is 4.51. The Balaban J connectivity index is 2.35. The van der Waals surface area contributed by atoms with Crippen LogP contribution in [0.25, 0.3) is 11.5 Å². The standard InChI is InChI=1S/C12H11BrN2O3/c1-3-17-12(16)11-15-14-10(18-11)9-6-8(13)5-4-7(9)2/h4-6H,3H2,1-2H3. The van der Waals surface area contributed by atoms with Gasteiger partial charge in [0.05, 0.1) is 6.61 Å². The summed E-state index contributed by atoms with van der Waals surface area (Å²) in [5.74, 6) is -0.438. The molecule has 0 amide bonds. The molecule has 6 heteroatoms. The van der Waals surface area contributed by atoms with Gasteiger partial charge in [0.15, 0.2) is 0 Å². The highest BCUT2D eigenvalue weighted by Gasteiger charge is 2.17. The van der Waals surface area contributed by atoms with Crippen LogP contribution in [0.3, 0.4) is 0 Å². The highest BCUT2D eigenvalue weighted by Crippen LogP contribution is 2.25. The van der Waals surface area contributed by atoms with Crippen molar-refractivity contribution in [2.24, 2.45) is 0 Å². The molecule has 5 nitrogen and oxygen atoms in total. The number of hydrogen-bond donors (Lipinski definition) is 0. The molecule has 18 heavy (non-hydrogen) atoms. The maximum absolute atomic E-state index is 11.4. The monoisotopic (exact) mass is 310 g/mol. The van der Waals surface area contributed by atoms with Gasteiger partial charge in [0.25, 0.3) is 0 Å². The predicted octanol–water partition coefficient (Wildman–Crippen LogP) is 2.98. The molecule has 2 aromatic rings. The van der Waals surface area contributed by atoms with E-state index in [0.717, 1.165) is 15.6 Å². The van der Waals surface area contributed by atoms with Crippen molar-refractivity contribution in [2.75, 3.05) is 6.61 Å². The number of rotatable bonds is 3. The highest BCUT2D eigenvalue weighted by atomic mass is 79.9. The fourth-order valence-electron chi connectivity index (χ4n) is 1.43. The van der Waals surface area contributed by atoms with Crippen molar-refractivity contribution < 1.29 is 13.9 Å². The third kappa shape index (κ3) is 2.59. The number of aryl methyl sites for hydroxylation is 1. The Hall–Kier alpha value is -1.69. The molecule has 94 valence electrons. The molecule has 0 atom stereocenters. The molecule has 0 saturated carbocycles. The lowest BCUT2D eigenvalue weighted by molar-refractivity contribution is 0.0481. The van der Waals surface area contributed by atoms with E-state index in [1.165, 1.54) is 0 Å². The molecule has 0 N–H and O–H groups in total. The zero-order chi connectivity index (χ0) is 13.1. The van der Waals surface area contributed by atoms with Crippen molar-refractivity contribution in [2.45, 2.75) is 13.8 Å². The van der Waals surface area contributed by atoms with Crippen molar-refractivity contribution in [1.29, 1.82) is 0 Å². The van der Waals surface area contributed by atoms with Gasteiger partial charge in [0.1, 0.15) is 0 Å². The maximum Gasteiger partial charge on any atom is 0.396 e. The van der Waals surface area contributed by atoms with Crippen LogP contribution in [0.15, 0.2) is 27.1 Å². The number of esters is 1. The average Bonchev–Trinajstić information content (AvgIpc) is 2.82. The van der Waals surface area contributed by atoms with Crippen LogP contribution in [-0.2, 0) is 4.74 Å². The van der Waals surface area contributed by atoms with Crippen molar-refractivity contribution in [3.05, 3.63) is 34.1 Å². The summed E-state index contributed by atoms with van der Waals surface area (Å²) in [7, 11) is 0. The van der Waals surface area contributed by atoms with Gasteiger partial charge in [-0.3, -0.25) is 0 Å². The van der Waals surface area contributed by atoms with Gasteiger partial charge >= 0.3 is 11.9 Å². The summed E-state index contributed by atoms with van der Waals surface area (Å²) in [6, 6.07) is 5.70. The van der Waals surface area contributed by atoms with Crippen LogP contribution in [0.2, 0.25) is 0 Å². The molecule has 1 aromatic heterocycles. The number of ether oxygens (including phenoxy) is 1. The van der Waals surface area contributed by atoms with Crippen molar-refractivity contribution in [1.82, 2.24) is 10.2 Å². The molecule has 0 fully saturated rings. The Labute approximate surface area is 112 Å². The van der Waals surface area contributed by atoms with Crippen molar-refractivity contribution >= 4 is 21.9 Å². The molecule has 0 spiro atoms. The highest BCUT2D eigenvalue weighted by molar-refractivity contribution is 9.10. The van der Waals surface area contributed by atoms with E-state index < -0.39 is 5.97 Å². The van der Waals surface area contributed by atoms with Crippen LogP contribution >= 0.6 is 15.9 Å². The zero-order valence-corrected chi connectivity index (χ0v) is 11.5. The van der Waals surface area contributed by atoms with Crippen LogP contribution in [0.4, 0.5) is 0 Å². The first-order valence-corrected chi connectivity index (χ1v) is 6.18. The number of carbonyl (C=O) groups excluding carboxylic acids is 1. The van der Waals surface area contributed by atoms with Crippen molar-refractivity contribution in [3.8, 4) is 11.5 Å². The number of carbonyl (C=O) groups is 1. The molecule has 0 radical (unpaired) electrons. The Morgan fingerprint density at radius 3 is 2.94 bits per heavy atom. The van der Waals surface area contributed by atoms with Gasteiger partial charge in [0.2, 0.25) is 5.89 Å². The van der Waals surface area contributed by atoms with Crippen LogP contribution < -0.4 is 0 Å². The summed E-state index contributed by atoms with van der Waals surface area (Å²) in [4.78, 5) is 11.4. The van der Waals surface area contributed by atoms with Crippen molar-refractivity contribution in [3.63, 3.8) is 0 Å². The number of aromatic nitrogens is 2. The molecule has 2 rings (SSSR count). The Morgan fingerprint density at radius 2 is 2.22 bits per heavy atom. The summed E-state index contributed by atoms with van der Waals surface area (Å²) < 4.78 is 11.0. The van der Waals surface area contributed by atoms with E-state index in [1.807, 2.05) is 25.1 Å². The molecule has 1 aromatic carbocycles. The van der Waals surface area contributed by atoms with E-state index in [2.05, 4.69) is 26.1 Å². The first-order chi connectivity index (χ1) is 8.61. The fraction of sp³-hybridized carbons (Fsp3) is 0.250. The summed E-state index contributed by atoms with van der Waals surface area (Å²) >= 11 is 3.37. The average molecular weight is 311 g/mol. The minimum Gasteiger partial charge on any atom is -0.459 e. The lowest BCUT2D eigenvalue weighted by atomic mass is 10.1. The van der Waals surface area contributed by atoms with E-state index in [0.29, 0.717) is 5.89 Å². The number of hydrogen-bond acceptors (Lipinski definition) is 5. The van der Waals surface area contributed by atoms with Crippen LogP contribution in [-0.4, -0.2) is 22.8 Å². The van der Waals surface area contributed by atoms with E-state index in [4.69, 9.17) is 9.15 Å². The Bertz CT molecular complexity index is 580.